The molecule has 0 aliphatic rings. The molecule has 0 saturated carbocycles. The standard InChI is InChI=1S/C17H17ClINO3/c1-4-23-15-8-11(7-14(19)16(15)22-3)17(21)20-12-6-5-10(2)13(18)9-12/h5-9H,4H2,1-3H3,(H,20,21). The third-order valence-corrected chi connectivity index (χ3v) is 4.41. The van der Waals surface area contributed by atoms with Crippen molar-refractivity contribution in [1.29, 1.82) is 0 Å². The molecule has 1 amide bonds. The molecule has 0 saturated heterocycles. The first kappa shape index (κ1) is 17.9. The number of anilines is 1. The Morgan fingerprint density at radius 3 is 2.65 bits per heavy atom. The number of carbonyl (C=O) groups excluding carboxylic acids is 1. The number of rotatable bonds is 5. The molecule has 2 aromatic carbocycles. The minimum absolute atomic E-state index is 0.230. The van der Waals surface area contributed by atoms with Crippen LogP contribution in [-0.2, 0) is 0 Å². The minimum atomic E-state index is -0.230. The van der Waals surface area contributed by atoms with E-state index in [2.05, 4.69) is 27.9 Å². The second kappa shape index (κ2) is 7.88. The van der Waals surface area contributed by atoms with E-state index in [1.165, 1.54) is 0 Å². The Balaban J connectivity index is 2.29. The van der Waals surface area contributed by atoms with E-state index < -0.39 is 0 Å². The van der Waals surface area contributed by atoms with Crippen molar-refractivity contribution < 1.29 is 14.3 Å². The van der Waals surface area contributed by atoms with Gasteiger partial charge < -0.3 is 14.8 Å². The molecular weight excluding hydrogens is 429 g/mol. The predicted octanol–water partition coefficient (Wildman–Crippen LogP) is 4.91. The Bertz CT molecular complexity index is 734. The van der Waals surface area contributed by atoms with E-state index >= 15 is 0 Å². The van der Waals surface area contributed by atoms with Gasteiger partial charge in [-0.2, -0.15) is 0 Å². The fourth-order valence-electron chi connectivity index (χ4n) is 2.03. The van der Waals surface area contributed by atoms with E-state index in [9.17, 15) is 4.79 Å². The number of amides is 1. The van der Waals surface area contributed by atoms with Crippen LogP contribution in [0.5, 0.6) is 11.5 Å². The molecule has 0 aliphatic heterocycles. The van der Waals surface area contributed by atoms with Gasteiger partial charge in [-0.05, 0) is 66.3 Å². The number of methoxy groups -OCH3 is 1. The summed E-state index contributed by atoms with van der Waals surface area (Å²) >= 11 is 8.20. The Labute approximate surface area is 154 Å². The van der Waals surface area contributed by atoms with E-state index in [0.29, 0.717) is 34.4 Å². The number of hydrogen-bond donors (Lipinski definition) is 1. The lowest BCUT2D eigenvalue weighted by Gasteiger charge is -2.13. The van der Waals surface area contributed by atoms with E-state index in [4.69, 9.17) is 21.1 Å². The van der Waals surface area contributed by atoms with Gasteiger partial charge in [-0.15, -0.1) is 0 Å². The van der Waals surface area contributed by atoms with Crippen LogP contribution in [0.15, 0.2) is 30.3 Å². The quantitative estimate of drug-likeness (QED) is 0.665. The molecule has 0 aliphatic carbocycles. The molecule has 0 unspecified atom stereocenters. The van der Waals surface area contributed by atoms with Gasteiger partial charge in [0.15, 0.2) is 11.5 Å². The Morgan fingerprint density at radius 1 is 1.30 bits per heavy atom. The average Bonchev–Trinajstić information content (AvgIpc) is 2.51. The number of aryl methyl sites for hydroxylation is 1. The zero-order valence-corrected chi connectivity index (χ0v) is 16.0. The zero-order chi connectivity index (χ0) is 17.0. The van der Waals surface area contributed by atoms with Crippen molar-refractivity contribution in [2.75, 3.05) is 19.0 Å². The largest absolute Gasteiger partial charge is 0.492 e. The van der Waals surface area contributed by atoms with Crippen molar-refractivity contribution in [1.82, 2.24) is 0 Å². The van der Waals surface area contributed by atoms with Crippen LogP contribution >= 0.6 is 34.2 Å². The summed E-state index contributed by atoms with van der Waals surface area (Å²) in [5.41, 5.74) is 2.10. The van der Waals surface area contributed by atoms with Crippen LogP contribution in [0, 0.1) is 10.5 Å². The second-order valence-corrected chi connectivity index (χ2v) is 6.41. The smallest absolute Gasteiger partial charge is 0.255 e. The molecular formula is C17H17ClINO3. The fraction of sp³-hybridized carbons (Fsp3) is 0.235. The molecule has 0 atom stereocenters. The summed E-state index contributed by atoms with van der Waals surface area (Å²) in [6, 6.07) is 8.84. The molecule has 0 bridgehead atoms. The molecule has 122 valence electrons. The normalized spacial score (nSPS) is 10.3. The van der Waals surface area contributed by atoms with Gasteiger partial charge in [-0.3, -0.25) is 4.79 Å². The molecule has 0 radical (unpaired) electrons. The molecule has 0 fully saturated rings. The number of ether oxygens (including phenoxy) is 2. The lowest BCUT2D eigenvalue weighted by Crippen LogP contribution is -2.13. The lowest BCUT2D eigenvalue weighted by atomic mass is 10.1. The van der Waals surface area contributed by atoms with Gasteiger partial charge in [0.05, 0.1) is 17.3 Å². The van der Waals surface area contributed by atoms with Crippen LogP contribution in [0.25, 0.3) is 0 Å². The van der Waals surface area contributed by atoms with Crippen LogP contribution in [0.2, 0.25) is 5.02 Å². The van der Waals surface area contributed by atoms with Gasteiger partial charge in [0.2, 0.25) is 0 Å². The number of nitrogens with one attached hydrogen (secondary N) is 1. The minimum Gasteiger partial charge on any atom is -0.492 e. The van der Waals surface area contributed by atoms with Crippen LogP contribution in [0.1, 0.15) is 22.8 Å². The Kier molecular flexibility index (Phi) is 6.12. The fourth-order valence-corrected chi connectivity index (χ4v) is 3.04. The average molecular weight is 446 g/mol. The summed E-state index contributed by atoms with van der Waals surface area (Å²) < 4.78 is 11.7. The highest BCUT2D eigenvalue weighted by Gasteiger charge is 2.15. The number of hydrogen-bond acceptors (Lipinski definition) is 3. The molecule has 23 heavy (non-hydrogen) atoms. The maximum absolute atomic E-state index is 12.5. The third-order valence-electron chi connectivity index (χ3n) is 3.21. The molecule has 4 nitrogen and oxygen atoms in total. The Hall–Kier alpha value is -1.47. The molecule has 2 aromatic rings. The summed E-state index contributed by atoms with van der Waals surface area (Å²) in [5.74, 6) is 0.947. The van der Waals surface area contributed by atoms with Crippen LogP contribution in [-0.4, -0.2) is 19.6 Å². The second-order valence-electron chi connectivity index (χ2n) is 4.84. The molecule has 0 heterocycles. The van der Waals surface area contributed by atoms with Gasteiger partial charge in [-0.1, -0.05) is 17.7 Å². The van der Waals surface area contributed by atoms with Crippen LogP contribution in [0.4, 0.5) is 5.69 Å². The molecule has 2 rings (SSSR count). The first-order valence-electron chi connectivity index (χ1n) is 7.04. The number of carbonyl (C=O) groups is 1. The van der Waals surface area contributed by atoms with Gasteiger partial charge in [0, 0.05) is 16.3 Å². The summed E-state index contributed by atoms with van der Waals surface area (Å²) in [5, 5.41) is 3.45. The highest BCUT2D eigenvalue weighted by atomic mass is 127. The monoisotopic (exact) mass is 445 g/mol. The van der Waals surface area contributed by atoms with Gasteiger partial charge >= 0.3 is 0 Å². The van der Waals surface area contributed by atoms with Crippen LogP contribution < -0.4 is 14.8 Å². The van der Waals surface area contributed by atoms with Crippen molar-refractivity contribution >= 4 is 45.8 Å². The van der Waals surface area contributed by atoms with Crippen molar-refractivity contribution in [3.8, 4) is 11.5 Å². The van der Waals surface area contributed by atoms with Gasteiger partial charge in [0.1, 0.15) is 0 Å². The first-order valence-corrected chi connectivity index (χ1v) is 8.49. The van der Waals surface area contributed by atoms with E-state index in [1.54, 1.807) is 25.3 Å². The Morgan fingerprint density at radius 2 is 2.04 bits per heavy atom. The van der Waals surface area contributed by atoms with Crippen molar-refractivity contribution in [3.63, 3.8) is 0 Å². The molecule has 0 aromatic heterocycles. The predicted molar refractivity (Wildman–Crippen MR) is 101 cm³/mol. The van der Waals surface area contributed by atoms with Crippen molar-refractivity contribution in [2.45, 2.75) is 13.8 Å². The lowest BCUT2D eigenvalue weighted by molar-refractivity contribution is 0.102. The number of benzene rings is 2. The SMILES string of the molecule is CCOc1cc(C(=O)Nc2ccc(C)c(Cl)c2)cc(I)c1OC. The van der Waals surface area contributed by atoms with E-state index in [0.717, 1.165) is 9.13 Å². The van der Waals surface area contributed by atoms with Crippen molar-refractivity contribution in [2.24, 2.45) is 0 Å². The molecule has 0 spiro atoms. The highest BCUT2D eigenvalue weighted by molar-refractivity contribution is 14.1. The molecule has 6 heteroatoms. The third kappa shape index (κ3) is 4.29. The van der Waals surface area contributed by atoms with E-state index in [1.807, 2.05) is 26.0 Å². The molecule has 1 N–H and O–H groups in total. The zero-order valence-electron chi connectivity index (χ0n) is 13.1. The summed E-state index contributed by atoms with van der Waals surface area (Å²) in [6.45, 7) is 4.28. The highest BCUT2D eigenvalue weighted by Crippen LogP contribution is 2.34. The summed E-state index contributed by atoms with van der Waals surface area (Å²) in [7, 11) is 1.58. The summed E-state index contributed by atoms with van der Waals surface area (Å²) in [6.07, 6.45) is 0. The maximum Gasteiger partial charge on any atom is 0.255 e. The number of halogens is 2. The van der Waals surface area contributed by atoms with Gasteiger partial charge in [-0.25, -0.2) is 0 Å². The maximum atomic E-state index is 12.5. The van der Waals surface area contributed by atoms with Gasteiger partial charge in [0.25, 0.3) is 5.91 Å². The van der Waals surface area contributed by atoms with Crippen molar-refractivity contribution in [3.05, 3.63) is 50.1 Å². The topological polar surface area (TPSA) is 47.6 Å². The first-order chi connectivity index (χ1) is 11.0. The van der Waals surface area contributed by atoms with E-state index in [-0.39, 0.29) is 5.91 Å². The van der Waals surface area contributed by atoms with Crippen LogP contribution in [0.3, 0.4) is 0 Å². The summed E-state index contributed by atoms with van der Waals surface area (Å²) in [4.78, 5) is 12.5.